The second-order valence-corrected chi connectivity index (χ2v) is 6.68. The number of aliphatic imine (C=N–C) groups is 1. The van der Waals surface area contributed by atoms with Crippen LogP contribution in [-0.4, -0.2) is 57.7 Å². The molecule has 1 saturated heterocycles. The summed E-state index contributed by atoms with van der Waals surface area (Å²) in [5.41, 5.74) is 1.11. The Morgan fingerprint density at radius 2 is 2.20 bits per heavy atom. The van der Waals surface area contributed by atoms with Crippen molar-refractivity contribution in [3.63, 3.8) is 0 Å². The van der Waals surface area contributed by atoms with E-state index in [0.717, 1.165) is 54.9 Å². The minimum atomic E-state index is 0. The first-order valence-corrected chi connectivity index (χ1v) is 9.03. The second kappa shape index (κ2) is 11.8. The first-order chi connectivity index (χ1) is 11.6. The number of ether oxygens (including phenoxy) is 1. The van der Waals surface area contributed by atoms with Crippen molar-refractivity contribution in [2.75, 3.05) is 46.9 Å². The van der Waals surface area contributed by atoms with Gasteiger partial charge >= 0.3 is 0 Å². The van der Waals surface area contributed by atoms with E-state index >= 15 is 0 Å². The Morgan fingerprint density at radius 3 is 2.80 bits per heavy atom. The predicted molar refractivity (Wildman–Crippen MR) is 117 cm³/mol. The van der Waals surface area contributed by atoms with Crippen molar-refractivity contribution in [2.24, 2.45) is 10.9 Å². The van der Waals surface area contributed by atoms with Crippen LogP contribution in [0, 0.1) is 5.92 Å². The summed E-state index contributed by atoms with van der Waals surface area (Å²) in [6, 6.07) is 5.81. The summed E-state index contributed by atoms with van der Waals surface area (Å²) in [6.07, 6.45) is 2.08. The molecule has 142 valence electrons. The molecule has 1 aliphatic heterocycles. The number of guanidine groups is 1. The van der Waals surface area contributed by atoms with Gasteiger partial charge in [-0.1, -0.05) is 17.7 Å². The topological polar surface area (TPSA) is 48.9 Å². The summed E-state index contributed by atoms with van der Waals surface area (Å²) in [5, 5.41) is 7.45. The summed E-state index contributed by atoms with van der Waals surface area (Å²) in [4.78, 5) is 7.09. The molecule has 0 saturated carbocycles. The van der Waals surface area contributed by atoms with Crippen LogP contribution in [-0.2, 0) is 6.42 Å². The molecular formula is C18H30ClIN4O. The van der Waals surface area contributed by atoms with E-state index in [1.807, 2.05) is 18.2 Å². The number of likely N-dealkylation sites (tertiary alicyclic amines) is 1. The molecule has 1 atom stereocenters. The maximum absolute atomic E-state index is 6.29. The van der Waals surface area contributed by atoms with Crippen molar-refractivity contribution in [2.45, 2.75) is 19.8 Å². The van der Waals surface area contributed by atoms with Crippen molar-refractivity contribution < 1.29 is 4.74 Å². The molecule has 1 aliphatic rings. The van der Waals surface area contributed by atoms with Gasteiger partial charge in [0.1, 0.15) is 5.75 Å². The molecule has 0 aromatic heterocycles. The summed E-state index contributed by atoms with van der Waals surface area (Å²) < 4.78 is 5.18. The number of benzene rings is 1. The predicted octanol–water partition coefficient (Wildman–Crippen LogP) is 3.02. The number of hydrogen-bond donors (Lipinski definition) is 2. The van der Waals surface area contributed by atoms with Gasteiger partial charge in [-0.05, 0) is 57.0 Å². The van der Waals surface area contributed by atoms with Crippen molar-refractivity contribution in [1.29, 1.82) is 0 Å². The van der Waals surface area contributed by atoms with Crippen LogP contribution in [0.3, 0.4) is 0 Å². The van der Waals surface area contributed by atoms with E-state index in [2.05, 4.69) is 29.5 Å². The van der Waals surface area contributed by atoms with Gasteiger partial charge in [0, 0.05) is 31.2 Å². The molecule has 1 aromatic rings. The Bertz CT molecular complexity index is 556. The Labute approximate surface area is 173 Å². The molecule has 0 amide bonds. The van der Waals surface area contributed by atoms with Crippen molar-refractivity contribution in [3.8, 4) is 5.75 Å². The lowest BCUT2D eigenvalue weighted by Crippen LogP contribution is -2.38. The van der Waals surface area contributed by atoms with Gasteiger partial charge in [0.2, 0.25) is 0 Å². The highest BCUT2D eigenvalue weighted by molar-refractivity contribution is 14.0. The first-order valence-electron chi connectivity index (χ1n) is 8.65. The molecule has 1 heterocycles. The average molecular weight is 481 g/mol. The molecule has 5 nitrogen and oxygen atoms in total. The van der Waals surface area contributed by atoms with Gasteiger partial charge in [-0.2, -0.15) is 0 Å². The third-order valence-electron chi connectivity index (χ3n) is 4.29. The lowest BCUT2D eigenvalue weighted by Gasteiger charge is -2.14. The normalized spacial score (nSPS) is 17.9. The number of halogens is 2. The lowest BCUT2D eigenvalue weighted by molar-refractivity contribution is 0.397. The average Bonchev–Trinajstić information content (AvgIpc) is 2.99. The SMILES string of the molecule is CCNC(=NCC1CCN(C)C1)NCCc1ccc(OC)cc1Cl.I. The van der Waals surface area contributed by atoms with E-state index < -0.39 is 0 Å². The van der Waals surface area contributed by atoms with E-state index in [0.29, 0.717) is 5.92 Å². The minimum Gasteiger partial charge on any atom is -0.497 e. The summed E-state index contributed by atoms with van der Waals surface area (Å²) in [6.45, 7) is 6.94. The van der Waals surface area contributed by atoms with Crippen LogP contribution in [0.5, 0.6) is 5.75 Å². The maximum Gasteiger partial charge on any atom is 0.191 e. The van der Waals surface area contributed by atoms with Gasteiger partial charge in [0.15, 0.2) is 5.96 Å². The van der Waals surface area contributed by atoms with E-state index in [4.69, 9.17) is 21.3 Å². The molecule has 0 aliphatic carbocycles. The van der Waals surface area contributed by atoms with Gasteiger partial charge in [-0.15, -0.1) is 24.0 Å². The second-order valence-electron chi connectivity index (χ2n) is 6.27. The number of methoxy groups -OCH3 is 1. The number of nitrogens with zero attached hydrogens (tertiary/aromatic N) is 2. The highest BCUT2D eigenvalue weighted by atomic mass is 127. The Morgan fingerprint density at radius 1 is 1.40 bits per heavy atom. The van der Waals surface area contributed by atoms with E-state index in [1.54, 1.807) is 7.11 Å². The standard InChI is InChI=1S/C18H29ClN4O.HI/c1-4-20-18(22-12-14-8-10-23(2)13-14)21-9-7-15-5-6-16(24-3)11-17(15)19;/h5-6,11,14H,4,7-10,12-13H2,1-3H3,(H2,20,21,22);1H. The molecule has 25 heavy (non-hydrogen) atoms. The van der Waals surface area contributed by atoms with Crippen LogP contribution in [0.2, 0.25) is 5.02 Å². The first kappa shape index (κ1) is 22.3. The Balaban J connectivity index is 0.00000312. The molecule has 0 radical (unpaired) electrons. The molecular weight excluding hydrogens is 451 g/mol. The van der Waals surface area contributed by atoms with Crippen LogP contribution in [0.15, 0.2) is 23.2 Å². The molecule has 2 N–H and O–H groups in total. The van der Waals surface area contributed by atoms with E-state index in [9.17, 15) is 0 Å². The zero-order valence-electron chi connectivity index (χ0n) is 15.3. The summed E-state index contributed by atoms with van der Waals surface area (Å²) >= 11 is 6.29. The minimum absolute atomic E-state index is 0. The van der Waals surface area contributed by atoms with Crippen LogP contribution in [0.1, 0.15) is 18.9 Å². The number of nitrogens with one attached hydrogen (secondary N) is 2. The van der Waals surface area contributed by atoms with Crippen molar-refractivity contribution >= 4 is 41.5 Å². The van der Waals surface area contributed by atoms with Gasteiger partial charge in [0.25, 0.3) is 0 Å². The van der Waals surface area contributed by atoms with Crippen LogP contribution >= 0.6 is 35.6 Å². The molecule has 0 spiro atoms. The molecule has 1 aromatic carbocycles. The Kier molecular flexibility index (Phi) is 10.5. The summed E-state index contributed by atoms with van der Waals surface area (Å²) in [5.74, 6) is 2.34. The molecule has 2 rings (SSSR count). The third-order valence-corrected chi connectivity index (χ3v) is 4.64. The van der Waals surface area contributed by atoms with E-state index in [1.165, 1.54) is 13.0 Å². The van der Waals surface area contributed by atoms with Crippen LogP contribution in [0.4, 0.5) is 0 Å². The number of rotatable bonds is 7. The lowest BCUT2D eigenvalue weighted by atomic mass is 10.1. The smallest absolute Gasteiger partial charge is 0.191 e. The maximum atomic E-state index is 6.29. The van der Waals surface area contributed by atoms with Crippen LogP contribution < -0.4 is 15.4 Å². The zero-order chi connectivity index (χ0) is 17.4. The van der Waals surface area contributed by atoms with Crippen molar-refractivity contribution in [1.82, 2.24) is 15.5 Å². The fraction of sp³-hybridized carbons (Fsp3) is 0.611. The fourth-order valence-corrected chi connectivity index (χ4v) is 3.18. The zero-order valence-corrected chi connectivity index (χ0v) is 18.4. The third kappa shape index (κ3) is 7.58. The van der Waals surface area contributed by atoms with E-state index in [-0.39, 0.29) is 24.0 Å². The quantitative estimate of drug-likeness (QED) is 0.358. The summed E-state index contributed by atoms with van der Waals surface area (Å²) in [7, 11) is 3.82. The molecule has 7 heteroatoms. The fourth-order valence-electron chi connectivity index (χ4n) is 2.91. The van der Waals surface area contributed by atoms with Gasteiger partial charge in [-0.25, -0.2) is 0 Å². The molecule has 1 unspecified atom stereocenters. The molecule has 1 fully saturated rings. The van der Waals surface area contributed by atoms with Crippen molar-refractivity contribution in [3.05, 3.63) is 28.8 Å². The number of hydrogen-bond acceptors (Lipinski definition) is 3. The Hall–Kier alpha value is -0.730. The van der Waals surface area contributed by atoms with Gasteiger partial charge < -0.3 is 20.3 Å². The largest absolute Gasteiger partial charge is 0.497 e. The van der Waals surface area contributed by atoms with Gasteiger partial charge in [0.05, 0.1) is 7.11 Å². The van der Waals surface area contributed by atoms with Crippen LogP contribution in [0.25, 0.3) is 0 Å². The molecule has 0 bridgehead atoms. The van der Waals surface area contributed by atoms with Gasteiger partial charge in [-0.3, -0.25) is 4.99 Å². The monoisotopic (exact) mass is 480 g/mol. The highest BCUT2D eigenvalue weighted by Gasteiger charge is 2.18. The highest BCUT2D eigenvalue weighted by Crippen LogP contribution is 2.22.